The minimum atomic E-state index is -0.824. The number of halogens is 1. The van der Waals surface area contributed by atoms with Crippen LogP contribution in [-0.4, -0.2) is 56.3 Å². The molecular weight excluding hydrogens is 607 g/mol. The van der Waals surface area contributed by atoms with Crippen LogP contribution >= 0.6 is 0 Å². The molecule has 2 aromatic heterocycles. The summed E-state index contributed by atoms with van der Waals surface area (Å²) >= 11 is 0. The third-order valence-corrected chi connectivity index (χ3v) is 10.6. The molecule has 3 atom stereocenters. The van der Waals surface area contributed by atoms with Crippen molar-refractivity contribution in [2.75, 3.05) is 18.9 Å². The minimum absolute atomic E-state index is 0.0314. The lowest BCUT2D eigenvalue weighted by Gasteiger charge is -2.37. The maximum Gasteiger partial charge on any atom is 0.282 e. The number of aliphatic imine (C=N–C) groups is 1. The molecule has 0 spiro atoms. The Kier molecular flexibility index (Phi) is 7.79. The van der Waals surface area contributed by atoms with Crippen LogP contribution in [0.5, 0.6) is 0 Å². The highest BCUT2D eigenvalue weighted by molar-refractivity contribution is 5.83. The van der Waals surface area contributed by atoms with Crippen molar-refractivity contribution < 1.29 is 9.50 Å². The number of aromatic nitrogens is 3. The summed E-state index contributed by atoms with van der Waals surface area (Å²) in [4.78, 5) is 34.7. The fourth-order valence-corrected chi connectivity index (χ4v) is 7.78. The molecule has 250 valence electrons. The fourth-order valence-electron chi connectivity index (χ4n) is 7.78. The van der Waals surface area contributed by atoms with E-state index in [0.717, 1.165) is 36.1 Å². The van der Waals surface area contributed by atoms with Crippen LogP contribution in [0.4, 0.5) is 10.1 Å². The van der Waals surface area contributed by atoms with Crippen molar-refractivity contribution in [2.24, 2.45) is 17.5 Å². The molecule has 4 aromatic rings. The summed E-state index contributed by atoms with van der Waals surface area (Å²) in [6, 6.07) is 11.0. The smallest absolute Gasteiger partial charge is 0.282 e. The number of hydrogen-bond acceptors (Lipinski definition) is 7. The van der Waals surface area contributed by atoms with Gasteiger partial charge in [-0.3, -0.25) is 9.59 Å². The number of fused-ring (bicyclic) bond motifs is 4. The van der Waals surface area contributed by atoms with E-state index in [2.05, 4.69) is 35.4 Å². The summed E-state index contributed by atoms with van der Waals surface area (Å²) in [5.74, 6) is 0.0308. The maximum absolute atomic E-state index is 15.5. The molecule has 9 nitrogen and oxygen atoms in total. The lowest BCUT2D eigenvalue weighted by atomic mass is 9.78. The van der Waals surface area contributed by atoms with Gasteiger partial charge in [0.05, 0.1) is 23.4 Å². The number of likely N-dealkylation sites (tertiary alicyclic amines) is 1. The number of allylic oxidation sites excluding steroid dienone is 1. The summed E-state index contributed by atoms with van der Waals surface area (Å²) < 4.78 is 18.3. The van der Waals surface area contributed by atoms with Gasteiger partial charge in [0.1, 0.15) is 17.3 Å². The molecule has 2 aromatic carbocycles. The van der Waals surface area contributed by atoms with E-state index in [1.54, 1.807) is 17.7 Å². The molecule has 10 heteroatoms. The van der Waals surface area contributed by atoms with E-state index in [1.165, 1.54) is 23.4 Å². The van der Waals surface area contributed by atoms with Crippen molar-refractivity contribution in [3.8, 4) is 16.8 Å². The quantitative estimate of drug-likeness (QED) is 0.304. The third kappa shape index (κ3) is 5.41. The van der Waals surface area contributed by atoms with Crippen molar-refractivity contribution in [1.29, 1.82) is 0 Å². The molecule has 0 bridgehead atoms. The molecule has 1 aliphatic carbocycles. The van der Waals surface area contributed by atoms with Crippen LogP contribution in [0.2, 0.25) is 0 Å². The second kappa shape index (κ2) is 11.6. The summed E-state index contributed by atoms with van der Waals surface area (Å²) in [6.45, 7) is 9.31. The minimum Gasteiger partial charge on any atom is -0.392 e. The molecule has 0 amide bonds. The van der Waals surface area contributed by atoms with Crippen LogP contribution < -0.4 is 16.4 Å². The zero-order chi connectivity index (χ0) is 34.1. The van der Waals surface area contributed by atoms with Gasteiger partial charge >= 0.3 is 0 Å². The number of aliphatic hydroxyl groups is 1. The summed E-state index contributed by atoms with van der Waals surface area (Å²) in [5, 5.41) is 19.4. The first-order valence-corrected chi connectivity index (χ1v) is 16.7. The molecule has 0 saturated carbocycles. The first-order valence-electron chi connectivity index (χ1n) is 16.7. The molecular formula is C38H43FN6O3. The molecule has 4 heterocycles. The Bertz CT molecular complexity index is 2140. The Balaban J connectivity index is 1.30. The van der Waals surface area contributed by atoms with Crippen molar-refractivity contribution in [3.63, 3.8) is 0 Å². The summed E-state index contributed by atoms with van der Waals surface area (Å²) in [5.41, 5.74) is 3.35. The molecule has 48 heavy (non-hydrogen) atoms. The topological polar surface area (TPSA) is 105 Å². The average Bonchev–Trinajstić information content (AvgIpc) is 3.42. The van der Waals surface area contributed by atoms with E-state index < -0.39 is 17.5 Å². The molecule has 1 fully saturated rings. The SMILES string of the molecule is CN1CCC[C@H]1C1(C)C=NC(Nc2cc3c(n(C)c2=O)CC(O)Cc2c-3cccc2-n2ncc3cc(C(C)(C)C)cc(F)c3c2=O)=CC1. The van der Waals surface area contributed by atoms with Gasteiger partial charge in [-0.05, 0) is 85.3 Å². The molecule has 2 unspecified atom stereocenters. The standard InChI is InChI=1S/C38H43FN6O3/c1-37(2,3)23-15-22-20-41-45(36(48)34(22)28(39)16-23)30-10-7-9-25-26(30)17-24(46)18-31-27(25)19-29(35(47)44(31)6)42-33-12-13-38(4,21-40-33)32-11-8-14-43(32)5/h7,9-10,12,15-16,19-21,24,32,42,46H,8,11,13-14,17-18H2,1-6H3/t24?,32-,38?/m0/s1. The Hall–Kier alpha value is -4.41. The van der Waals surface area contributed by atoms with Crippen LogP contribution in [-0.2, 0) is 25.3 Å². The fraction of sp³-hybridized carbons (Fsp3) is 0.421. The van der Waals surface area contributed by atoms with Crippen LogP contribution in [0, 0.1) is 11.2 Å². The Morgan fingerprint density at radius 3 is 2.54 bits per heavy atom. The van der Waals surface area contributed by atoms with Crippen LogP contribution in [0.1, 0.15) is 63.8 Å². The van der Waals surface area contributed by atoms with E-state index in [1.807, 2.05) is 51.3 Å². The van der Waals surface area contributed by atoms with Crippen molar-refractivity contribution >= 4 is 22.7 Å². The second-order valence-corrected chi connectivity index (χ2v) is 15.0. The Morgan fingerprint density at radius 2 is 1.85 bits per heavy atom. The highest BCUT2D eigenvalue weighted by Gasteiger charge is 2.38. The number of rotatable bonds is 4. The number of nitrogens with one attached hydrogen (secondary N) is 1. The summed E-state index contributed by atoms with van der Waals surface area (Å²) in [6.07, 6.45) is 8.38. The molecule has 3 aliphatic rings. The summed E-state index contributed by atoms with van der Waals surface area (Å²) in [7, 11) is 3.88. The van der Waals surface area contributed by atoms with Gasteiger partial charge in [-0.25, -0.2) is 9.38 Å². The highest BCUT2D eigenvalue weighted by atomic mass is 19.1. The van der Waals surface area contributed by atoms with Gasteiger partial charge in [-0.2, -0.15) is 9.78 Å². The van der Waals surface area contributed by atoms with Crippen molar-refractivity contribution in [2.45, 2.75) is 77.4 Å². The Labute approximate surface area is 279 Å². The zero-order valence-corrected chi connectivity index (χ0v) is 28.5. The number of nitrogens with zero attached hydrogens (tertiary/aromatic N) is 5. The van der Waals surface area contributed by atoms with Gasteiger partial charge in [0, 0.05) is 54.2 Å². The van der Waals surface area contributed by atoms with Crippen LogP contribution in [0.3, 0.4) is 0 Å². The molecule has 1 saturated heterocycles. The van der Waals surface area contributed by atoms with Crippen molar-refractivity contribution in [3.05, 3.63) is 97.8 Å². The average molecular weight is 651 g/mol. The predicted molar refractivity (Wildman–Crippen MR) is 189 cm³/mol. The first kappa shape index (κ1) is 32.2. The maximum atomic E-state index is 15.5. The van der Waals surface area contributed by atoms with E-state index in [0.29, 0.717) is 39.9 Å². The number of pyridine rings is 1. The van der Waals surface area contributed by atoms with E-state index in [-0.39, 0.29) is 34.6 Å². The van der Waals surface area contributed by atoms with E-state index in [9.17, 15) is 14.7 Å². The van der Waals surface area contributed by atoms with Gasteiger partial charge in [0.2, 0.25) is 0 Å². The lowest BCUT2D eigenvalue weighted by molar-refractivity contribution is 0.174. The monoisotopic (exact) mass is 650 g/mol. The van der Waals surface area contributed by atoms with Gasteiger partial charge < -0.3 is 19.9 Å². The molecule has 2 aliphatic heterocycles. The van der Waals surface area contributed by atoms with Crippen LogP contribution in [0.25, 0.3) is 27.6 Å². The van der Waals surface area contributed by atoms with Crippen molar-refractivity contribution in [1.82, 2.24) is 19.2 Å². The Morgan fingerprint density at radius 1 is 1.06 bits per heavy atom. The van der Waals surface area contributed by atoms with E-state index in [4.69, 9.17) is 4.99 Å². The highest BCUT2D eigenvalue weighted by Crippen LogP contribution is 2.39. The molecule has 7 rings (SSSR count). The van der Waals surface area contributed by atoms with Crippen LogP contribution in [0.15, 0.2) is 69.1 Å². The first-order chi connectivity index (χ1) is 22.7. The van der Waals surface area contributed by atoms with Gasteiger partial charge in [-0.1, -0.05) is 39.8 Å². The second-order valence-electron chi connectivity index (χ2n) is 15.0. The van der Waals surface area contributed by atoms with E-state index >= 15 is 4.39 Å². The number of benzene rings is 2. The normalized spacial score (nSPS) is 22.7. The van der Waals surface area contributed by atoms with Gasteiger partial charge in [0.25, 0.3) is 11.1 Å². The molecule has 0 radical (unpaired) electrons. The zero-order valence-electron chi connectivity index (χ0n) is 28.5. The lowest BCUT2D eigenvalue weighted by Crippen LogP contribution is -2.42. The predicted octanol–water partition coefficient (Wildman–Crippen LogP) is 5.48. The number of anilines is 1. The van der Waals surface area contributed by atoms with Gasteiger partial charge in [0.15, 0.2) is 0 Å². The third-order valence-electron chi connectivity index (χ3n) is 10.6. The number of aliphatic hydroxyl groups excluding tert-OH is 1. The van der Waals surface area contributed by atoms with Gasteiger partial charge in [-0.15, -0.1) is 0 Å². The molecule has 2 N–H and O–H groups in total. The largest absolute Gasteiger partial charge is 0.392 e. The number of hydrogen-bond donors (Lipinski definition) is 2.